The van der Waals surface area contributed by atoms with E-state index in [-0.39, 0.29) is 34.0 Å². The molecule has 0 radical (unpaired) electrons. The Morgan fingerprint density at radius 3 is 2.26 bits per heavy atom. The minimum absolute atomic E-state index is 0.0329. The fourth-order valence-corrected chi connectivity index (χ4v) is 4.83. The lowest BCUT2D eigenvalue weighted by molar-refractivity contribution is -0.123. The molecular formula is C26H17F3O5S. The van der Waals surface area contributed by atoms with Gasteiger partial charge in [-0.1, -0.05) is 0 Å². The van der Waals surface area contributed by atoms with E-state index in [1.165, 1.54) is 36.4 Å². The van der Waals surface area contributed by atoms with Crippen LogP contribution < -0.4 is 4.74 Å². The molecule has 0 saturated carbocycles. The van der Waals surface area contributed by atoms with Crippen molar-refractivity contribution in [3.05, 3.63) is 93.3 Å². The predicted molar refractivity (Wildman–Crippen MR) is 125 cm³/mol. The molecule has 0 amide bonds. The van der Waals surface area contributed by atoms with Gasteiger partial charge in [0.25, 0.3) is 6.47 Å². The molecule has 0 saturated heterocycles. The van der Waals surface area contributed by atoms with E-state index in [0.29, 0.717) is 21.2 Å². The largest absolute Gasteiger partial charge is 0.508 e. The van der Waals surface area contributed by atoms with E-state index < -0.39 is 29.0 Å². The summed E-state index contributed by atoms with van der Waals surface area (Å²) in [6.07, 6.45) is 2.15. The van der Waals surface area contributed by atoms with Crippen molar-refractivity contribution >= 4 is 39.8 Å². The number of phenolic OH excluding ortho intramolecular Hbond substituents is 1. The number of rotatable bonds is 7. The smallest absolute Gasteiger partial charge is 0.297 e. The topological polar surface area (TPSA) is 72.8 Å². The lowest BCUT2D eigenvalue weighted by atomic mass is 9.97. The van der Waals surface area contributed by atoms with Crippen molar-refractivity contribution in [3.63, 3.8) is 0 Å². The molecule has 1 heterocycles. The average molecular weight is 498 g/mol. The first-order chi connectivity index (χ1) is 16.7. The third kappa shape index (κ3) is 4.76. The normalized spacial score (nSPS) is 11.2. The summed E-state index contributed by atoms with van der Waals surface area (Å²) in [4.78, 5) is 23.8. The van der Waals surface area contributed by atoms with Crippen LogP contribution in [0.15, 0.2) is 48.7 Å². The van der Waals surface area contributed by atoms with E-state index in [2.05, 4.69) is 4.74 Å². The van der Waals surface area contributed by atoms with Crippen LogP contribution in [0, 0.1) is 31.3 Å². The first-order valence-corrected chi connectivity index (χ1v) is 11.0. The number of thiophene rings is 1. The molecule has 0 aliphatic rings. The van der Waals surface area contributed by atoms with E-state index in [9.17, 15) is 27.9 Å². The lowest BCUT2D eigenvalue weighted by Crippen LogP contribution is -2.07. The molecule has 1 N–H and O–H groups in total. The van der Waals surface area contributed by atoms with Gasteiger partial charge < -0.3 is 14.6 Å². The number of aryl methyl sites for hydroxylation is 2. The third-order valence-electron chi connectivity index (χ3n) is 5.18. The quantitative estimate of drug-likeness (QED) is 0.172. The molecular weight excluding hydrogens is 481 g/mol. The Bertz CT molecular complexity index is 1460. The summed E-state index contributed by atoms with van der Waals surface area (Å²) in [5.74, 6) is -4.02. The Morgan fingerprint density at radius 2 is 1.63 bits per heavy atom. The average Bonchev–Trinajstić information content (AvgIpc) is 3.13. The number of ether oxygens (including phenoxy) is 2. The summed E-state index contributed by atoms with van der Waals surface area (Å²) in [5.41, 5.74) is 1.10. The number of halogens is 3. The van der Waals surface area contributed by atoms with Gasteiger partial charge in [-0.2, -0.15) is 0 Å². The summed E-state index contributed by atoms with van der Waals surface area (Å²) in [7, 11) is 0. The molecule has 178 valence electrons. The van der Waals surface area contributed by atoms with Gasteiger partial charge in [-0.25, -0.2) is 13.2 Å². The maximum absolute atomic E-state index is 14.8. The number of ketones is 1. The standard InChI is InChI=1S/C26H17F3O5S/c1-13-7-16(27)8-14(2)22(13)23(32)26-24(18-4-3-17(31)11-21(18)35-26)34-25-19(28)9-15(10-20(25)29)5-6-33-12-30/h3-12,31H,1-2H3/b6-5+. The van der Waals surface area contributed by atoms with Gasteiger partial charge in [-0.3, -0.25) is 9.59 Å². The molecule has 9 heteroatoms. The maximum Gasteiger partial charge on any atom is 0.297 e. The second-order valence-corrected chi connectivity index (χ2v) is 8.69. The molecule has 0 aliphatic carbocycles. The fraction of sp³-hybridized carbons (Fsp3) is 0.0769. The molecule has 4 rings (SSSR count). The van der Waals surface area contributed by atoms with Crippen LogP contribution in [0.25, 0.3) is 16.2 Å². The Morgan fingerprint density at radius 1 is 0.971 bits per heavy atom. The Labute approximate surface area is 201 Å². The second-order valence-electron chi connectivity index (χ2n) is 7.64. The van der Waals surface area contributed by atoms with Crippen molar-refractivity contribution in [1.29, 1.82) is 0 Å². The van der Waals surface area contributed by atoms with Crippen molar-refractivity contribution in [2.24, 2.45) is 0 Å². The van der Waals surface area contributed by atoms with Crippen molar-refractivity contribution < 1.29 is 37.3 Å². The number of carbonyl (C=O) groups is 2. The molecule has 5 nitrogen and oxygen atoms in total. The van der Waals surface area contributed by atoms with E-state index in [4.69, 9.17) is 4.74 Å². The number of carbonyl (C=O) groups excluding carboxylic acids is 2. The van der Waals surface area contributed by atoms with Crippen LogP contribution in [0.3, 0.4) is 0 Å². The molecule has 4 aromatic rings. The highest BCUT2D eigenvalue weighted by Crippen LogP contribution is 2.44. The molecule has 0 unspecified atom stereocenters. The van der Waals surface area contributed by atoms with Gasteiger partial charge in [0.15, 0.2) is 23.1 Å². The predicted octanol–water partition coefficient (Wildman–Crippen LogP) is 6.81. The fourth-order valence-electron chi connectivity index (χ4n) is 3.72. The van der Waals surface area contributed by atoms with Crippen LogP contribution >= 0.6 is 11.3 Å². The van der Waals surface area contributed by atoms with E-state index in [1.807, 2.05) is 0 Å². The van der Waals surface area contributed by atoms with E-state index >= 15 is 0 Å². The van der Waals surface area contributed by atoms with Gasteiger partial charge in [-0.15, -0.1) is 11.3 Å². The first kappa shape index (κ1) is 24.0. The van der Waals surface area contributed by atoms with Gasteiger partial charge in [-0.05, 0) is 79.1 Å². The summed E-state index contributed by atoms with van der Waals surface area (Å²) < 4.78 is 54.0. The van der Waals surface area contributed by atoms with E-state index in [1.54, 1.807) is 13.8 Å². The van der Waals surface area contributed by atoms with Crippen LogP contribution in [0.1, 0.15) is 31.9 Å². The molecule has 0 bridgehead atoms. The number of hydrogen-bond donors (Lipinski definition) is 1. The second kappa shape index (κ2) is 9.63. The van der Waals surface area contributed by atoms with Crippen LogP contribution in [-0.4, -0.2) is 17.4 Å². The molecule has 0 atom stereocenters. The zero-order valence-corrected chi connectivity index (χ0v) is 19.2. The van der Waals surface area contributed by atoms with Gasteiger partial charge in [0.05, 0.1) is 6.26 Å². The van der Waals surface area contributed by atoms with Crippen LogP contribution in [-0.2, 0) is 9.53 Å². The zero-order chi connectivity index (χ0) is 25.3. The number of phenols is 1. The van der Waals surface area contributed by atoms with Crippen LogP contribution in [0.2, 0.25) is 0 Å². The SMILES string of the molecule is Cc1cc(F)cc(C)c1C(=O)c1sc2cc(O)ccc2c1Oc1c(F)cc(/C=C/OC=O)cc1F. The van der Waals surface area contributed by atoms with Crippen molar-refractivity contribution in [1.82, 2.24) is 0 Å². The highest BCUT2D eigenvalue weighted by Gasteiger charge is 2.26. The first-order valence-electron chi connectivity index (χ1n) is 10.2. The summed E-state index contributed by atoms with van der Waals surface area (Å²) in [6, 6.07) is 8.62. The Kier molecular flexibility index (Phi) is 6.61. The summed E-state index contributed by atoms with van der Waals surface area (Å²) >= 11 is 0.976. The number of fused-ring (bicyclic) bond motifs is 1. The summed E-state index contributed by atoms with van der Waals surface area (Å²) in [6.45, 7) is 3.33. The monoisotopic (exact) mass is 498 g/mol. The zero-order valence-electron chi connectivity index (χ0n) is 18.4. The number of hydrogen-bond acceptors (Lipinski definition) is 6. The molecule has 35 heavy (non-hydrogen) atoms. The van der Waals surface area contributed by atoms with E-state index in [0.717, 1.165) is 29.7 Å². The minimum atomic E-state index is -1.05. The van der Waals surface area contributed by atoms with Gasteiger partial charge in [0.2, 0.25) is 5.78 Å². The van der Waals surface area contributed by atoms with Crippen LogP contribution in [0.5, 0.6) is 17.2 Å². The highest BCUT2D eigenvalue weighted by molar-refractivity contribution is 7.21. The third-order valence-corrected chi connectivity index (χ3v) is 6.31. The Hall–Kier alpha value is -4.11. The van der Waals surface area contributed by atoms with Gasteiger partial charge in [0.1, 0.15) is 16.4 Å². The molecule has 1 aromatic heterocycles. The highest BCUT2D eigenvalue weighted by atomic mass is 32.1. The number of benzene rings is 3. The maximum atomic E-state index is 14.8. The number of aromatic hydroxyl groups is 1. The van der Waals surface area contributed by atoms with Crippen molar-refractivity contribution in [2.75, 3.05) is 0 Å². The summed E-state index contributed by atoms with van der Waals surface area (Å²) in [5, 5.41) is 10.2. The molecule has 0 aliphatic heterocycles. The van der Waals surface area contributed by atoms with Gasteiger partial charge in [0, 0.05) is 15.6 Å². The molecule has 3 aromatic carbocycles. The minimum Gasteiger partial charge on any atom is -0.508 e. The van der Waals surface area contributed by atoms with Crippen LogP contribution in [0.4, 0.5) is 13.2 Å². The molecule has 0 spiro atoms. The van der Waals surface area contributed by atoms with Crippen molar-refractivity contribution in [3.8, 4) is 17.2 Å². The van der Waals surface area contributed by atoms with Crippen molar-refractivity contribution in [2.45, 2.75) is 13.8 Å². The Balaban J connectivity index is 1.85. The molecule has 0 fully saturated rings. The lowest BCUT2D eigenvalue weighted by Gasteiger charge is -2.12. The van der Waals surface area contributed by atoms with Gasteiger partial charge >= 0.3 is 0 Å².